The molecule has 0 saturated heterocycles. The third-order valence-electron chi connectivity index (χ3n) is 6.46. The Morgan fingerprint density at radius 3 is 2.28 bits per heavy atom. The van der Waals surface area contributed by atoms with E-state index in [1.54, 1.807) is 0 Å². The zero-order valence-corrected chi connectivity index (χ0v) is 16.5. The third-order valence-corrected chi connectivity index (χ3v) is 6.46. The molecule has 2 aliphatic carbocycles. The van der Waals surface area contributed by atoms with Crippen LogP contribution >= 0.6 is 0 Å². The average Bonchev–Trinajstić information content (AvgIpc) is 3.16. The van der Waals surface area contributed by atoms with Crippen LogP contribution in [0.5, 0.6) is 0 Å². The Balaban J connectivity index is 1.58. The second kappa shape index (κ2) is 8.32. The molecule has 4 rings (SSSR count). The maximum Gasteiger partial charge on any atom is 0.329 e. The van der Waals surface area contributed by atoms with Crippen LogP contribution < -0.4 is 16.4 Å². The lowest BCUT2D eigenvalue weighted by atomic mass is 9.81. The number of anilines is 2. The first kappa shape index (κ1) is 19.6. The summed E-state index contributed by atoms with van der Waals surface area (Å²) in [7, 11) is 0. The zero-order chi connectivity index (χ0) is 20.4. The molecule has 4 N–H and O–H groups in total. The molecule has 8 heteroatoms. The number of nitrogen functional groups attached to an aromatic ring is 1. The topological polar surface area (TPSA) is 124 Å². The van der Waals surface area contributed by atoms with E-state index in [9.17, 15) is 10.1 Å². The minimum absolute atomic E-state index is 0.0765. The van der Waals surface area contributed by atoms with E-state index in [1.807, 2.05) is 0 Å². The van der Waals surface area contributed by atoms with E-state index in [2.05, 4.69) is 39.1 Å². The number of fused-ring (bicyclic) bond motifs is 1. The molecule has 1 heterocycles. The molecule has 0 unspecified atom stereocenters. The van der Waals surface area contributed by atoms with Gasteiger partial charge in [-0.1, -0.05) is 24.3 Å². The summed E-state index contributed by atoms with van der Waals surface area (Å²) in [6.07, 6.45) is 7.68. The highest BCUT2D eigenvalue weighted by Crippen LogP contribution is 2.33. The lowest BCUT2D eigenvalue weighted by Crippen LogP contribution is -2.42. The van der Waals surface area contributed by atoms with Crippen LogP contribution in [0.4, 0.5) is 17.5 Å². The molecule has 1 aromatic carbocycles. The predicted octanol–water partition coefficient (Wildman–Crippen LogP) is 2.71. The number of hydrogen-bond donors (Lipinski definition) is 2. The maximum atomic E-state index is 11.1. The van der Waals surface area contributed by atoms with Crippen molar-refractivity contribution in [1.29, 1.82) is 0 Å². The summed E-state index contributed by atoms with van der Waals surface area (Å²) in [5, 5.41) is 11.1. The first-order chi connectivity index (χ1) is 14.0. The van der Waals surface area contributed by atoms with Crippen molar-refractivity contribution in [2.75, 3.05) is 23.7 Å². The highest BCUT2D eigenvalue weighted by atomic mass is 16.6. The fourth-order valence-electron chi connectivity index (χ4n) is 4.74. The van der Waals surface area contributed by atoms with Gasteiger partial charge in [0.2, 0.25) is 11.8 Å². The lowest BCUT2D eigenvalue weighted by Gasteiger charge is -2.35. The van der Waals surface area contributed by atoms with Crippen LogP contribution in [0.2, 0.25) is 0 Å². The van der Waals surface area contributed by atoms with E-state index in [0.717, 1.165) is 51.6 Å². The van der Waals surface area contributed by atoms with Gasteiger partial charge in [0.05, 0.1) is 4.92 Å². The van der Waals surface area contributed by atoms with Crippen molar-refractivity contribution in [3.63, 3.8) is 0 Å². The molecule has 0 radical (unpaired) electrons. The highest BCUT2D eigenvalue weighted by molar-refractivity contribution is 5.54. The molecule has 1 fully saturated rings. The van der Waals surface area contributed by atoms with E-state index in [-0.39, 0.29) is 17.5 Å². The fourth-order valence-corrected chi connectivity index (χ4v) is 4.74. The standard InChI is InChI=1S/C21H28N6O2/c22-11-14-5-7-15(8-6-14)13-26(18-9-16-3-1-2-4-17(16)10-18)21-24-12-19(27(28)29)20(23)25-21/h1-4,12,14-15,18H,5-11,13,22H2,(H2,23,24,25). The van der Waals surface area contributed by atoms with Crippen molar-refractivity contribution >= 4 is 17.5 Å². The Morgan fingerprint density at radius 1 is 1.10 bits per heavy atom. The Kier molecular flexibility index (Phi) is 5.62. The van der Waals surface area contributed by atoms with Crippen molar-refractivity contribution < 1.29 is 4.92 Å². The van der Waals surface area contributed by atoms with Crippen LogP contribution in [0.15, 0.2) is 30.5 Å². The number of rotatable bonds is 6. The summed E-state index contributed by atoms with van der Waals surface area (Å²) in [5.74, 6) is 1.59. The Bertz CT molecular complexity index is 856. The second-order valence-electron chi connectivity index (χ2n) is 8.30. The van der Waals surface area contributed by atoms with Gasteiger partial charge in [0.15, 0.2) is 0 Å². The number of benzene rings is 1. The van der Waals surface area contributed by atoms with Crippen LogP contribution in [-0.4, -0.2) is 34.0 Å². The van der Waals surface area contributed by atoms with Gasteiger partial charge in [-0.15, -0.1) is 0 Å². The zero-order valence-electron chi connectivity index (χ0n) is 16.5. The number of nitro groups is 1. The van der Waals surface area contributed by atoms with Crippen molar-refractivity contribution in [3.05, 3.63) is 51.7 Å². The molecule has 8 nitrogen and oxygen atoms in total. The van der Waals surface area contributed by atoms with Crippen LogP contribution in [0.1, 0.15) is 36.8 Å². The number of hydrogen-bond acceptors (Lipinski definition) is 7. The van der Waals surface area contributed by atoms with Gasteiger partial charge in [0.1, 0.15) is 6.20 Å². The molecule has 2 aliphatic rings. The van der Waals surface area contributed by atoms with E-state index in [0.29, 0.717) is 17.8 Å². The molecule has 0 aliphatic heterocycles. The molecule has 0 spiro atoms. The molecule has 0 bridgehead atoms. The van der Waals surface area contributed by atoms with Crippen molar-refractivity contribution in [2.24, 2.45) is 17.6 Å². The molecule has 1 aromatic heterocycles. The number of nitrogens with two attached hydrogens (primary N) is 2. The predicted molar refractivity (Wildman–Crippen MR) is 113 cm³/mol. The van der Waals surface area contributed by atoms with E-state index >= 15 is 0 Å². The number of nitrogens with zero attached hydrogens (tertiary/aromatic N) is 4. The van der Waals surface area contributed by atoms with Gasteiger partial charge in [-0.25, -0.2) is 4.98 Å². The Hall–Kier alpha value is -2.74. The third kappa shape index (κ3) is 4.17. The number of aromatic nitrogens is 2. The van der Waals surface area contributed by atoms with Crippen molar-refractivity contribution in [1.82, 2.24) is 9.97 Å². The van der Waals surface area contributed by atoms with Gasteiger partial charge in [-0.3, -0.25) is 10.1 Å². The smallest absolute Gasteiger partial charge is 0.329 e. The van der Waals surface area contributed by atoms with Gasteiger partial charge < -0.3 is 16.4 Å². The SMILES string of the molecule is NCC1CCC(CN(c2ncc([N+](=O)[O-])c(N)n2)C2Cc3ccccc3C2)CC1. The van der Waals surface area contributed by atoms with E-state index < -0.39 is 4.92 Å². The van der Waals surface area contributed by atoms with Crippen LogP contribution in [0, 0.1) is 22.0 Å². The second-order valence-corrected chi connectivity index (χ2v) is 8.30. The van der Waals surface area contributed by atoms with Gasteiger partial charge in [-0.05, 0) is 68.0 Å². The summed E-state index contributed by atoms with van der Waals surface area (Å²) in [4.78, 5) is 21.5. The summed E-state index contributed by atoms with van der Waals surface area (Å²) in [5.41, 5.74) is 14.2. The Labute approximate surface area is 170 Å². The minimum atomic E-state index is -0.539. The average molecular weight is 396 g/mol. The van der Waals surface area contributed by atoms with E-state index in [4.69, 9.17) is 11.5 Å². The highest BCUT2D eigenvalue weighted by Gasteiger charge is 2.32. The van der Waals surface area contributed by atoms with Crippen LogP contribution in [0.3, 0.4) is 0 Å². The molecule has 2 aromatic rings. The monoisotopic (exact) mass is 396 g/mol. The summed E-state index contributed by atoms with van der Waals surface area (Å²) in [6.45, 7) is 1.60. The van der Waals surface area contributed by atoms with Crippen molar-refractivity contribution in [2.45, 2.75) is 44.6 Å². The van der Waals surface area contributed by atoms with Gasteiger partial charge in [0, 0.05) is 12.6 Å². The van der Waals surface area contributed by atoms with Gasteiger partial charge in [0.25, 0.3) is 0 Å². The quantitative estimate of drug-likeness (QED) is 0.568. The van der Waals surface area contributed by atoms with E-state index in [1.165, 1.54) is 17.3 Å². The van der Waals surface area contributed by atoms with Gasteiger partial charge >= 0.3 is 5.69 Å². The summed E-state index contributed by atoms with van der Waals surface area (Å²) < 4.78 is 0. The summed E-state index contributed by atoms with van der Waals surface area (Å²) in [6, 6.07) is 8.72. The molecule has 0 atom stereocenters. The van der Waals surface area contributed by atoms with Crippen molar-refractivity contribution in [3.8, 4) is 0 Å². The molecule has 0 amide bonds. The first-order valence-corrected chi connectivity index (χ1v) is 10.4. The largest absolute Gasteiger partial charge is 0.378 e. The Morgan fingerprint density at radius 2 is 1.72 bits per heavy atom. The van der Waals surface area contributed by atoms with Gasteiger partial charge in [-0.2, -0.15) is 4.98 Å². The minimum Gasteiger partial charge on any atom is -0.378 e. The molecular formula is C21H28N6O2. The first-order valence-electron chi connectivity index (χ1n) is 10.4. The van der Waals surface area contributed by atoms with Crippen LogP contribution in [0.25, 0.3) is 0 Å². The molecular weight excluding hydrogens is 368 g/mol. The lowest BCUT2D eigenvalue weighted by molar-refractivity contribution is -0.384. The maximum absolute atomic E-state index is 11.1. The normalized spacial score (nSPS) is 21.7. The van der Waals surface area contributed by atoms with Crippen LogP contribution in [-0.2, 0) is 12.8 Å². The fraction of sp³-hybridized carbons (Fsp3) is 0.524. The molecule has 29 heavy (non-hydrogen) atoms. The molecule has 154 valence electrons. The molecule has 1 saturated carbocycles. The summed E-state index contributed by atoms with van der Waals surface area (Å²) >= 11 is 0.